The minimum Gasteiger partial charge on any atom is -0.493 e. The normalized spacial score (nSPS) is 19.7. The van der Waals surface area contributed by atoms with Gasteiger partial charge in [0.15, 0.2) is 11.5 Å². The van der Waals surface area contributed by atoms with Crippen molar-refractivity contribution in [3.63, 3.8) is 0 Å². The Morgan fingerprint density at radius 2 is 2.00 bits per heavy atom. The third-order valence-electron chi connectivity index (χ3n) is 3.70. The Morgan fingerprint density at radius 3 is 2.63 bits per heavy atom. The summed E-state index contributed by atoms with van der Waals surface area (Å²) in [5, 5.41) is 0. The van der Waals surface area contributed by atoms with E-state index < -0.39 is 0 Å². The molecule has 2 N–H and O–H groups in total. The van der Waals surface area contributed by atoms with Gasteiger partial charge >= 0.3 is 0 Å². The van der Waals surface area contributed by atoms with Crippen LogP contribution in [0.2, 0.25) is 0 Å². The van der Waals surface area contributed by atoms with Crippen molar-refractivity contribution in [3.8, 4) is 11.5 Å². The molecule has 4 nitrogen and oxygen atoms in total. The van der Waals surface area contributed by atoms with E-state index >= 15 is 0 Å². The first kappa shape index (κ1) is 14.6. The quantitative estimate of drug-likeness (QED) is 0.901. The van der Waals surface area contributed by atoms with Gasteiger partial charge in [-0.1, -0.05) is 15.9 Å². The van der Waals surface area contributed by atoms with Crippen LogP contribution in [0.5, 0.6) is 11.5 Å². The van der Waals surface area contributed by atoms with Crippen molar-refractivity contribution in [3.05, 3.63) is 22.2 Å². The van der Waals surface area contributed by atoms with Crippen LogP contribution < -0.4 is 15.2 Å². The molecule has 1 atom stereocenters. The number of nitrogens with two attached hydrogens (primary N) is 1. The first-order valence-corrected chi connectivity index (χ1v) is 7.33. The first-order chi connectivity index (χ1) is 9.19. The van der Waals surface area contributed by atoms with Crippen molar-refractivity contribution in [1.29, 1.82) is 0 Å². The number of nitrogens with zero attached hydrogens (tertiary/aromatic N) is 1. The molecule has 1 aromatic carbocycles. The smallest absolute Gasteiger partial charge is 0.161 e. The average molecular weight is 329 g/mol. The topological polar surface area (TPSA) is 47.7 Å². The van der Waals surface area contributed by atoms with Crippen molar-refractivity contribution in [2.75, 3.05) is 27.3 Å². The van der Waals surface area contributed by atoms with Gasteiger partial charge < -0.3 is 15.2 Å². The predicted octanol–water partition coefficient (Wildman–Crippen LogP) is 2.39. The number of hydrogen-bond donors (Lipinski definition) is 1. The van der Waals surface area contributed by atoms with Crippen molar-refractivity contribution >= 4 is 15.9 Å². The van der Waals surface area contributed by atoms with Gasteiger partial charge in [-0.2, -0.15) is 0 Å². The number of benzene rings is 1. The van der Waals surface area contributed by atoms with Gasteiger partial charge in [-0.15, -0.1) is 0 Å². The van der Waals surface area contributed by atoms with Crippen LogP contribution in [0.4, 0.5) is 0 Å². The molecular weight excluding hydrogens is 308 g/mol. The van der Waals surface area contributed by atoms with E-state index in [1.807, 2.05) is 12.1 Å². The van der Waals surface area contributed by atoms with Gasteiger partial charge in [-0.05, 0) is 37.1 Å². The molecule has 2 rings (SSSR count). The highest BCUT2D eigenvalue weighted by Gasteiger charge is 2.24. The lowest BCUT2D eigenvalue weighted by molar-refractivity contribution is 0.249. The van der Waals surface area contributed by atoms with E-state index in [4.69, 9.17) is 15.2 Å². The van der Waals surface area contributed by atoms with Crippen LogP contribution >= 0.6 is 15.9 Å². The summed E-state index contributed by atoms with van der Waals surface area (Å²) in [6, 6.07) is 4.50. The number of ether oxygens (including phenoxy) is 2. The molecule has 0 saturated carbocycles. The van der Waals surface area contributed by atoms with E-state index in [0.717, 1.165) is 35.6 Å². The molecule has 0 aromatic heterocycles. The van der Waals surface area contributed by atoms with Crippen molar-refractivity contribution in [2.24, 2.45) is 5.73 Å². The highest BCUT2D eigenvalue weighted by atomic mass is 79.9. The van der Waals surface area contributed by atoms with E-state index in [-0.39, 0.29) is 0 Å². The summed E-state index contributed by atoms with van der Waals surface area (Å²) in [6.45, 7) is 2.73. The molecule has 1 aromatic rings. The summed E-state index contributed by atoms with van der Waals surface area (Å²) >= 11 is 3.61. The van der Waals surface area contributed by atoms with Crippen molar-refractivity contribution in [2.45, 2.75) is 25.4 Å². The lowest BCUT2D eigenvalue weighted by atomic mass is 10.1. The highest BCUT2D eigenvalue weighted by molar-refractivity contribution is 9.10. The van der Waals surface area contributed by atoms with E-state index in [2.05, 4.69) is 20.8 Å². The second-order valence-corrected chi connectivity index (χ2v) is 5.66. The second-order valence-electron chi connectivity index (χ2n) is 4.80. The largest absolute Gasteiger partial charge is 0.493 e. The Labute approximate surface area is 123 Å². The predicted molar refractivity (Wildman–Crippen MR) is 79.7 cm³/mol. The molecular formula is C14H21BrN2O2. The van der Waals surface area contributed by atoms with Crippen molar-refractivity contribution < 1.29 is 9.47 Å². The standard InChI is InChI=1S/C14H21BrN2O2/c1-18-13-6-10(12(15)7-14(13)19-2)9-17-5-3-4-11(17)8-16/h6-7,11H,3-5,8-9,16H2,1-2H3. The van der Waals surface area contributed by atoms with Crippen LogP contribution in [0.15, 0.2) is 16.6 Å². The zero-order valence-corrected chi connectivity index (χ0v) is 13.1. The summed E-state index contributed by atoms with van der Waals surface area (Å²) in [5.74, 6) is 1.51. The summed E-state index contributed by atoms with van der Waals surface area (Å²) < 4.78 is 11.7. The third-order valence-corrected chi connectivity index (χ3v) is 4.44. The number of hydrogen-bond acceptors (Lipinski definition) is 4. The average Bonchev–Trinajstić information content (AvgIpc) is 2.87. The monoisotopic (exact) mass is 328 g/mol. The first-order valence-electron chi connectivity index (χ1n) is 6.54. The third kappa shape index (κ3) is 3.22. The minimum absolute atomic E-state index is 0.500. The molecule has 0 bridgehead atoms. The van der Waals surface area contributed by atoms with Crippen LogP contribution in [-0.4, -0.2) is 38.3 Å². The van der Waals surface area contributed by atoms with E-state index in [1.54, 1.807) is 14.2 Å². The molecule has 0 spiro atoms. The van der Waals surface area contributed by atoms with Gasteiger partial charge in [0, 0.05) is 23.6 Å². The van der Waals surface area contributed by atoms with Gasteiger partial charge in [-0.3, -0.25) is 4.90 Å². The van der Waals surface area contributed by atoms with Crippen LogP contribution in [0.25, 0.3) is 0 Å². The van der Waals surface area contributed by atoms with E-state index in [0.29, 0.717) is 6.04 Å². The fourth-order valence-corrected chi connectivity index (χ4v) is 3.05. The lowest BCUT2D eigenvalue weighted by Crippen LogP contribution is -2.34. The maximum Gasteiger partial charge on any atom is 0.161 e. The van der Waals surface area contributed by atoms with E-state index in [1.165, 1.54) is 18.4 Å². The Hall–Kier alpha value is -0.780. The molecule has 19 heavy (non-hydrogen) atoms. The van der Waals surface area contributed by atoms with Gasteiger partial charge in [-0.25, -0.2) is 0 Å². The lowest BCUT2D eigenvalue weighted by Gasteiger charge is -2.24. The molecule has 0 radical (unpaired) electrons. The summed E-state index contributed by atoms with van der Waals surface area (Å²) in [4.78, 5) is 2.44. The zero-order chi connectivity index (χ0) is 13.8. The summed E-state index contributed by atoms with van der Waals surface area (Å²) in [6.07, 6.45) is 2.42. The molecule has 1 saturated heterocycles. The Kier molecular flexibility index (Phi) is 5.07. The number of rotatable bonds is 5. The Balaban J connectivity index is 2.20. The molecule has 1 aliphatic rings. The van der Waals surface area contributed by atoms with Crippen molar-refractivity contribution in [1.82, 2.24) is 4.90 Å². The molecule has 1 unspecified atom stereocenters. The Morgan fingerprint density at radius 1 is 1.32 bits per heavy atom. The number of methoxy groups -OCH3 is 2. The molecule has 106 valence electrons. The molecule has 1 aliphatic heterocycles. The number of halogens is 1. The van der Waals surface area contributed by atoms with E-state index in [9.17, 15) is 0 Å². The maximum atomic E-state index is 5.82. The fraction of sp³-hybridized carbons (Fsp3) is 0.571. The minimum atomic E-state index is 0.500. The van der Waals surface area contributed by atoms with Gasteiger partial charge in [0.1, 0.15) is 0 Å². The van der Waals surface area contributed by atoms with Crippen LogP contribution in [0.1, 0.15) is 18.4 Å². The zero-order valence-electron chi connectivity index (χ0n) is 11.5. The number of likely N-dealkylation sites (tertiary alicyclic amines) is 1. The molecule has 0 amide bonds. The fourth-order valence-electron chi connectivity index (χ4n) is 2.61. The maximum absolute atomic E-state index is 5.82. The van der Waals surface area contributed by atoms with Gasteiger partial charge in [0.05, 0.1) is 14.2 Å². The molecule has 1 fully saturated rings. The van der Waals surface area contributed by atoms with Crippen LogP contribution in [-0.2, 0) is 6.54 Å². The molecule has 1 heterocycles. The Bertz CT molecular complexity index is 440. The molecule has 5 heteroatoms. The summed E-state index contributed by atoms with van der Waals surface area (Å²) in [5.41, 5.74) is 7.03. The molecule has 0 aliphatic carbocycles. The van der Waals surface area contributed by atoms with Crippen LogP contribution in [0, 0.1) is 0 Å². The SMILES string of the molecule is COc1cc(Br)c(CN2CCCC2CN)cc1OC. The van der Waals surface area contributed by atoms with Crippen LogP contribution in [0.3, 0.4) is 0 Å². The summed E-state index contributed by atoms with van der Waals surface area (Å²) in [7, 11) is 3.31. The van der Waals surface area contributed by atoms with Gasteiger partial charge in [0.25, 0.3) is 0 Å². The van der Waals surface area contributed by atoms with Gasteiger partial charge in [0.2, 0.25) is 0 Å². The second kappa shape index (κ2) is 6.59. The highest BCUT2D eigenvalue weighted by Crippen LogP contribution is 2.34.